The van der Waals surface area contributed by atoms with E-state index in [1.165, 1.54) is 12.4 Å². The van der Waals surface area contributed by atoms with Crippen LogP contribution in [0.4, 0.5) is 5.82 Å². The molecule has 0 radical (unpaired) electrons. The molecule has 0 saturated carbocycles. The van der Waals surface area contributed by atoms with E-state index in [9.17, 15) is 4.79 Å². The lowest BCUT2D eigenvalue weighted by Gasteiger charge is -2.33. The van der Waals surface area contributed by atoms with Gasteiger partial charge in [0.25, 0.3) is 0 Å². The summed E-state index contributed by atoms with van der Waals surface area (Å²) in [6.07, 6.45) is 6.90. The van der Waals surface area contributed by atoms with E-state index in [2.05, 4.69) is 52.4 Å². The SMILES string of the molecule is C=CC(=O)N1CCCC(n2cc(-c3cc4cc(C)cc(OC)c4s3)c3c(N)ncnc32)C1. The maximum absolute atomic E-state index is 12.2. The van der Waals surface area contributed by atoms with Crippen LogP contribution in [0, 0.1) is 6.92 Å². The fraction of sp³-hybridized carbons (Fsp3) is 0.292. The fourth-order valence-electron chi connectivity index (χ4n) is 4.63. The average Bonchev–Trinajstić information content (AvgIpc) is 3.40. The van der Waals surface area contributed by atoms with E-state index in [4.69, 9.17) is 10.5 Å². The minimum Gasteiger partial charge on any atom is -0.495 e. The highest BCUT2D eigenvalue weighted by molar-refractivity contribution is 7.22. The zero-order valence-electron chi connectivity index (χ0n) is 18.2. The van der Waals surface area contributed by atoms with Crippen molar-refractivity contribution in [3.8, 4) is 16.2 Å². The van der Waals surface area contributed by atoms with Gasteiger partial charge in [0.2, 0.25) is 5.91 Å². The number of nitrogens with two attached hydrogens (primary N) is 1. The number of hydrogen-bond acceptors (Lipinski definition) is 6. The van der Waals surface area contributed by atoms with Crippen LogP contribution >= 0.6 is 11.3 Å². The Balaban J connectivity index is 1.66. The van der Waals surface area contributed by atoms with E-state index in [1.807, 2.05) is 4.90 Å². The van der Waals surface area contributed by atoms with Gasteiger partial charge < -0.3 is 19.9 Å². The highest BCUT2D eigenvalue weighted by atomic mass is 32.1. The number of benzene rings is 1. The number of ether oxygens (including phenoxy) is 1. The molecule has 1 fully saturated rings. The van der Waals surface area contributed by atoms with E-state index in [0.717, 1.165) is 62.3 Å². The standard InChI is InChI=1S/C24H25N5O2S/c1-4-20(30)28-7-5-6-16(11-28)29-12-17(21-23(25)26-13-27-24(21)29)19-10-15-8-14(2)9-18(31-3)22(15)32-19/h4,8-10,12-13,16H,1,5-7,11H2,2-3H3,(H2,25,26,27). The Kier molecular flexibility index (Phi) is 5.09. The first-order valence-corrected chi connectivity index (χ1v) is 11.4. The number of likely N-dealkylation sites (tertiary alicyclic amines) is 1. The van der Waals surface area contributed by atoms with Crippen molar-refractivity contribution in [3.05, 3.63) is 48.9 Å². The van der Waals surface area contributed by atoms with E-state index in [0.29, 0.717) is 12.4 Å². The summed E-state index contributed by atoms with van der Waals surface area (Å²) in [6, 6.07) is 6.51. The number of nitrogens with zero attached hydrogens (tertiary/aromatic N) is 4. The third kappa shape index (κ3) is 3.31. The van der Waals surface area contributed by atoms with Gasteiger partial charge in [-0.2, -0.15) is 0 Å². The number of methoxy groups -OCH3 is 1. The highest BCUT2D eigenvalue weighted by Crippen LogP contribution is 2.43. The van der Waals surface area contributed by atoms with Crippen molar-refractivity contribution in [2.75, 3.05) is 25.9 Å². The Hall–Kier alpha value is -3.39. The zero-order valence-corrected chi connectivity index (χ0v) is 19.0. The molecule has 7 nitrogen and oxygen atoms in total. The number of rotatable bonds is 4. The molecule has 4 heterocycles. The molecule has 164 valence electrons. The normalized spacial score (nSPS) is 16.6. The second kappa shape index (κ2) is 7.94. The summed E-state index contributed by atoms with van der Waals surface area (Å²) in [4.78, 5) is 24.0. The number of aryl methyl sites for hydroxylation is 1. The number of thiophene rings is 1. The van der Waals surface area contributed by atoms with Crippen molar-refractivity contribution in [2.45, 2.75) is 25.8 Å². The summed E-state index contributed by atoms with van der Waals surface area (Å²) in [5, 5.41) is 1.99. The van der Waals surface area contributed by atoms with Gasteiger partial charge >= 0.3 is 0 Å². The Morgan fingerprint density at radius 3 is 2.97 bits per heavy atom. The minimum atomic E-state index is -0.0347. The van der Waals surface area contributed by atoms with Crippen molar-refractivity contribution in [1.29, 1.82) is 0 Å². The van der Waals surface area contributed by atoms with Crippen molar-refractivity contribution >= 4 is 44.2 Å². The van der Waals surface area contributed by atoms with Gasteiger partial charge in [-0.3, -0.25) is 4.79 Å². The predicted octanol–water partition coefficient (Wildman–Crippen LogP) is 4.56. The molecule has 4 aromatic rings. The molecule has 0 aliphatic carbocycles. The number of amides is 1. The zero-order chi connectivity index (χ0) is 22.4. The van der Waals surface area contributed by atoms with Crippen LogP contribution in [0.2, 0.25) is 0 Å². The molecule has 0 spiro atoms. The molecule has 1 aliphatic rings. The van der Waals surface area contributed by atoms with E-state index in [1.54, 1.807) is 18.4 Å². The molecule has 1 aliphatic heterocycles. The largest absolute Gasteiger partial charge is 0.495 e. The topological polar surface area (TPSA) is 86.3 Å². The molecule has 1 saturated heterocycles. The Labute approximate surface area is 190 Å². The van der Waals surface area contributed by atoms with Crippen LogP contribution in [0.1, 0.15) is 24.4 Å². The molecule has 1 unspecified atom stereocenters. The summed E-state index contributed by atoms with van der Waals surface area (Å²) >= 11 is 1.68. The molecule has 32 heavy (non-hydrogen) atoms. The van der Waals surface area contributed by atoms with E-state index in [-0.39, 0.29) is 11.9 Å². The Morgan fingerprint density at radius 1 is 1.34 bits per heavy atom. The van der Waals surface area contributed by atoms with Crippen molar-refractivity contribution in [1.82, 2.24) is 19.4 Å². The van der Waals surface area contributed by atoms with Crippen LogP contribution < -0.4 is 10.5 Å². The Bertz CT molecular complexity index is 1360. The molecular weight excluding hydrogens is 422 g/mol. The summed E-state index contributed by atoms with van der Waals surface area (Å²) < 4.78 is 8.89. The number of nitrogen functional groups attached to an aromatic ring is 1. The number of piperidine rings is 1. The fourth-order valence-corrected chi connectivity index (χ4v) is 5.78. The first-order chi connectivity index (χ1) is 15.5. The molecular formula is C24H25N5O2S. The molecule has 2 N–H and O–H groups in total. The third-order valence-corrected chi connectivity index (χ3v) is 7.33. The van der Waals surface area contributed by atoms with Gasteiger partial charge in [-0.05, 0) is 48.9 Å². The molecule has 1 aromatic carbocycles. The van der Waals surface area contributed by atoms with Gasteiger partial charge in [-0.1, -0.05) is 12.6 Å². The van der Waals surface area contributed by atoms with Crippen LogP contribution in [-0.2, 0) is 4.79 Å². The lowest BCUT2D eigenvalue weighted by atomic mass is 10.1. The van der Waals surface area contributed by atoms with E-state index >= 15 is 0 Å². The molecule has 3 aromatic heterocycles. The van der Waals surface area contributed by atoms with Crippen LogP contribution in [0.15, 0.2) is 43.4 Å². The minimum absolute atomic E-state index is 0.0347. The van der Waals surface area contributed by atoms with Crippen molar-refractivity contribution in [3.63, 3.8) is 0 Å². The van der Waals surface area contributed by atoms with E-state index < -0.39 is 0 Å². The average molecular weight is 448 g/mol. The lowest BCUT2D eigenvalue weighted by Crippen LogP contribution is -2.39. The smallest absolute Gasteiger partial charge is 0.246 e. The molecule has 5 rings (SSSR count). The summed E-state index contributed by atoms with van der Waals surface area (Å²) in [5.41, 5.74) is 9.30. The van der Waals surface area contributed by atoms with Crippen LogP contribution in [-0.4, -0.2) is 45.5 Å². The number of hydrogen-bond donors (Lipinski definition) is 1. The highest BCUT2D eigenvalue weighted by Gasteiger charge is 2.27. The maximum Gasteiger partial charge on any atom is 0.246 e. The number of fused-ring (bicyclic) bond motifs is 2. The number of carbonyl (C=O) groups is 1. The number of anilines is 1. The summed E-state index contributed by atoms with van der Waals surface area (Å²) in [7, 11) is 1.70. The quantitative estimate of drug-likeness (QED) is 0.464. The van der Waals surface area contributed by atoms with Crippen molar-refractivity contribution < 1.29 is 9.53 Å². The summed E-state index contributed by atoms with van der Waals surface area (Å²) in [5.74, 6) is 1.29. The third-order valence-electron chi connectivity index (χ3n) is 6.13. The maximum atomic E-state index is 12.2. The number of carbonyl (C=O) groups excluding carboxylic acids is 1. The molecule has 8 heteroatoms. The second-order valence-electron chi connectivity index (χ2n) is 8.19. The van der Waals surface area contributed by atoms with Gasteiger partial charge in [0.15, 0.2) is 0 Å². The predicted molar refractivity (Wildman–Crippen MR) is 129 cm³/mol. The van der Waals surface area contributed by atoms with Crippen LogP contribution in [0.5, 0.6) is 5.75 Å². The number of aromatic nitrogens is 3. The summed E-state index contributed by atoms with van der Waals surface area (Å²) in [6.45, 7) is 7.07. The van der Waals surface area contributed by atoms with Gasteiger partial charge in [0.1, 0.15) is 23.5 Å². The lowest BCUT2D eigenvalue weighted by molar-refractivity contribution is -0.127. The van der Waals surface area contributed by atoms with Crippen LogP contribution in [0.25, 0.3) is 31.6 Å². The molecule has 1 amide bonds. The molecule has 1 atom stereocenters. The van der Waals surface area contributed by atoms with Gasteiger partial charge in [0, 0.05) is 29.7 Å². The Morgan fingerprint density at radius 2 is 2.19 bits per heavy atom. The van der Waals surface area contributed by atoms with Gasteiger partial charge in [-0.25, -0.2) is 9.97 Å². The monoisotopic (exact) mass is 447 g/mol. The van der Waals surface area contributed by atoms with Crippen LogP contribution in [0.3, 0.4) is 0 Å². The van der Waals surface area contributed by atoms with Gasteiger partial charge in [-0.15, -0.1) is 11.3 Å². The van der Waals surface area contributed by atoms with Gasteiger partial charge in [0.05, 0.1) is 23.2 Å². The first kappa shape index (κ1) is 20.5. The first-order valence-electron chi connectivity index (χ1n) is 10.6. The molecule has 0 bridgehead atoms. The second-order valence-corrected chi connectivity index (χ2v) is 9.24. The van der Waals surface area contributed by atoms with Crippen molar-refractivity contribution in [2.24, 2.45) is 0 Å².